The second-order valence-corrected chi connectivity index (χ2v) is 6.94. The van der Waals surface area contributed by atoms with Gasteiger partial charge in [0.2, 0.25) is 0 Å². The molecule has 4 nitrogen and oxygen atoms in total. The first-order chi connectivity index (χ1) is 10.7. The lowest BCUT2D eigenvalue weighted by Gasteiger charge is -2.30. The summed E-state index contributed by atoms with van der Waals surface area (Å²) in [5.41, 5.74) is 0.809. The highest BCUT2D eigenvalue weighted by atomic mass is 35.5. The summed E-state index contributed by atoms with van der Waals surface area (Å²) in [6.07, 6.45) is 4.95. The summed E-state index contributed by atoms with van der Waals surface area (Å²) in [7, 11) is 0. The molecule has 0 unspecified atom stereocenters. The highest BCUT2D eigenvalue weighted by Gasteiger charge is 2.33. The first-order valence-corrected chi connectivity index (χ1v) is 8.49. The van der Waals surface area contributed by atoms with Crippen molar-refractivity contribution in [3.63, 3.8) is 0 Å². The Morgan fingerprint density at radius 2 is 1.78 bits per heavy atom. The Hall–Kier alpha value is -0.810. The Morgan fingerprint density at radius 1 is 1.04 bits per heavy atom. The normalized spacial score (nSPS) is 19.6. The summed E-state index contributed by atoms with van der Waals surface area (Å²) in [5, 5.41) is 5.20. The molecule has 1 aliphatic carbocycles. The molecule has 7 heteroatoms. The monoisotopic (exact) mass is 373 g/mol. The van der Waals surface area contributed by atoms with E-state index in [-0.39, 0.29) is 12.4 Å². The topological polar surface area (TPSA) is 42.2 Å². The molecule has 1 aromatic carbocycles. The number of likely N-dealkylation sites (tertiary alicyclic amines) is 1. The third kappa shape index (κ3) is 3.66. The minimum absolute atomic E-state index is 0. The highest BCUT2D eigenvalue weighted by molar-refractivity contribution is 6.42. The lowest BCUT2D eigenvalue weighted by Crippen LogP contribution is -2.34. The second kappa shape index (κ2) is 6.98. The second-order valence-electron chi connectivity index (χ2n) is 6.13. The van der Waals surface area contributed by atoms with Crippen LogP contribution in [0.1, 0.15) is 37.4 Å². The zero-order valence-corrected chi connectivity index (χ0v) is 14.9. The zero-order valence-electron chi connectivity index (χ0n) is 12.5. The van der Waals surface area contributed by atoms with Crippen LogP contribution in [0, 0.1) is 0 Å². The van der Waals surface area contributed by atoms with Gasteiger partial charge in [0.25, 0.3) is 5.89 Å². The van der Waals surface area contributed by atoms with Crippen LogP contribution in [0.5, 0.6) is 0 Å². The van der Waals surface area contributed by atoms with E-state index in [1.54, 1.807) is 12.1 Å². The Morgan fingerprint density at radius 3 is 2.43 bits per heavy atom. The number of hydrogen-bond donors (Lipinski definition) is 0. The van der Waals surface area contributed by atoms with Crippen molar-refractivity contribution in [2.75, 3.05) is 13.1 Å². The van der Waals surface area contributed by atoms with E-state index in [0.717, 1.165) is 43.4 Å². The van der Waals surface area contributed by atoms with Crippen molar-refractivity contribution in [2.45, 2.75) is 37.6 Å². The lowest BCUT2D eigenvalue weighted by atomic mass is 9.96. The van der Waals surface area contributed by atoms with Crippen molar-refractivity contribution in [1.82, 2.24) is 15.0 Å². The number of rotatable bonds is 3. The molecule has 0 N–H and O–H groups in total. The number of aromatic nitrogens is 2. The highest BCUT2D eigenvalue weighted by Crippen LogP contribution is 2.34. The maximum atomic E-state index is 6.04. The molecule has 0 spiro atoms. The zero-order chi connectivity index (χ0) is 15.1. The molecule has 2 aliphatic rings. The van der Waals surface area contributed by atoms with Gasteiger partial charge in [0.1, 0.15) is 0 Å². The van der Waals surface area contributed by atoms with E-state index in [9.17, 15) is 0 Å². The number of benzene rings is 1. The van der Waals surface area contributed by atoms with Gasteiger partial charge in [-0.15, -0.1) is 12.4 Å². The van der Waals surface area contributed by atoms with E-state index in [1.807, 2.05) is 6.07 Å². The van der Waals surface area contributed by atoms with Crippen molar-refractivity contribution in [1.29, 1.82) is 0 Å². The fourth-order valence-electron chi connectivity index (χ4n) is 3.11. The molecular formula is C16H18Cl3N3O. The Labute approximate surface area is 151 Å². The van der Waals surface area contributed by atoms with Crippen LogP contribution >= 0.6 is 35.6 Å². The minimum atomic E-state index is 0. The summed E-state index contributed by atoms with van der Waals surface area (Å²) in [6, 6.07) is 6.20. The summed E-state index contributed by atoms with van der Waals surface area (Å²) in [5.74, 6) is 1.73. The Balaban J connectivity index is 0.00000156. The van der Waals surface area contributed by atoms with Crippen LogP contribution in [0.2, 0.25) is 10.0 Å². The fourth-order valence-corrected chi connectivity index (χ4v) is 3.41. The summed E-state index contributed by atoms with van der Waals surface area (Å²) >= 11 is 12.0. The van der Waals surface area contributed by atoms with E-state index in [1.165, 1.54) is 12.8 Å². The maximum absolute atomic E-state index is 6.04. The molecule has 1 aliphatic heterocycles. The molecule has 4 rings (SSSR count). The summed E-state index contributed by atoms with van der Waals surface area (Å²) < 4.78 is 5.41. The van der Waals surface area contributed by atoms with Crippen LogP contribution in [-0.2, 0) is 0 Å². The molecule has 0 atom stereocenters. The average Bonchev–Trinajstić information content (AvgIpc) is 3.27. The molecule has 2 heterocycles. The molecule has 1 saturated carbocycles. The third-order valence-corrected chi connectivity index (χ3v) is 5.31. The molecule has 2 aromatic rings. The molecule has 124 valence electrons. The molecule has 0 radical (unpaired) electrons. The lowest BCUT2D eigenvalue weighted by molar-refractivity contribution is 0.199. The molecule has 0 amide bonds. The van der Waals surface area contributed by atoms with Crippen LogP contribution in [0.15, 0.2) is 22.7 Å². The van der Waals surface area contributed by atoms with Crippen molar-refractivity contribution in [3.8, 4) is 11.5 Å². The van der Waals surface area contributed by atoms with Crippen molar-refractivity contribution in [3.05, 3.63) is 34.1 Å². The molecule has 1 saturated heterocycles. The van der Waals surface area contributed by atoms with Gasteiger partial charge in [-0.1, -0.05) is 28.4 Å². The van der Waals surface area contributed by atoms with Gasteiger partial charge in [-0.3, -0.25) is 0 Å². The first kappa shape index (κ1) is 17.0. The predicted molar refractivity (Wildman–Crippen MR) is 93.6 cm³/mol. The van der Waals surface area contributed by atoms with Crippen LogP contribution in [0.25, 0.3) is 11.5 Å². The van der Waals surface area contributed by atoms with E-state index >= 15 is 0 Å². The molecule has 0 bridgehead atoms. The average molecular weight is 375 g/mol. The van der Waals surface area contributed by atoms with Crippen LogP contribution in [-0.4, -0.2) is 34.2 Å². The van der Waals surface area contributed by atoms with E-state index < -0.39 is 0 Å². The summed E-state index contributed by atoms with van der Waals surface area (Å²) in [6.45, 7) is 2.29. The van der Waals surface area contributed by atoms with E-state index in [4.69, 9.17) is 27.7 Å². The molecule has 23 heavy (non-hydrogen) atoms. The molecular weight excluding hydrogens is 357 g/mol. The Bertz CT molecular complexity index is 679. The van der Waals surface area contributed by atoms with Gasteiger partial charge in [0.15, 0.2) is 5.82 Å². The van der Waals surface area contributed by atoms with Crippen molar-refractivity contribution < 1.29 is 4.52 Å². The summed E-state index contributed by atoms with van der Waals surface area (Å²) in [4.78, 5) is 7.16. The quantitative estimate of drug-likeness (QED) is 0.773. The number of nitrogens with zero attached hydrogens (tertiary/aromatic N) is 3. The standard InChI is InChI=1S/C16H17Cl2N3O.ClH/c17-13-4-1-11(9-14(13)18)16-19-15(20-22-16)10-5-7-21(8-6-10)12-2-3-12;/h1,4,9-10,12H,2-3,5-8H2;1H. The van der Waals surface area contributed by atoms with E-state index in [2.05, 4.69) is 15.0 Å². The molecule has 1 aromatic heterocycles. The van der Waals surface area contributed by atoms with Gasteiger partial charge >= 0.3 is 0 Å². The first-order valence-electron chi connectivity index (χ1n) is 7.74. The van der Waals surface area contributed by atoms with Crippen LogP contribution in [0.4, 0.5) is 0 Å². The SMILES string of the molecule is Cl.Clc1ccc(-c2nc(C3CCN(C4CC4)CC3)no2)cc1Cl. The van der Waals surface area contributed by atoms with Gasteiger partial charge < -0.3 is 9.42 Å². The van der Waals surface area contributed by atoms with Gasteiger partial charge in [-0.05, 0) is 57.0 Å². The minimum Gasteiger partial charge on any atom is -0.334 e. The van der Waals surface area contributed by atoms with Crippen LogP contribution < -0.4 is 0 Å². The molecule has 2 fully saturated rings. The maximum Gasteiger partial charge on any atom is 0.257 e. The van der Waals surface area contributed by atoms with Gasteiger partial charge in [0, 0.05) is 17.5 Å². The van der Waals surface area contributed by atoms with Gasteiger partial charge in [0.05, 0.1) is 10.0 Å². The smallest absolute Gasteiger partial charge is 0.257 e. The number of piperidine rings is 1. The van der Waals surface area contributed by atoms with Crippen molar-refractivity contribution >= 4 is 35.6 Å². The van der Waals surface area contributed by atoms with Crippen LogP contribution in [0.3, 0.4) is 0 Å². The number of halogens is 3. The fraction of sp³-hybridized carbons (Fsp3) is 0.500. The Kier molecular flexibility index (Phi) is 5.16. The van der Waals surface area contributed by atoms with E-state index in [0.29, 0.717) is 21.9 Å². The van der Waals surface area contributed by atoms with Gasteiger partial charge in [-0.25, -0.2) is 0 Å². The third-order valence-electron chi connectivity index (χ3n) is 4.57. The van der Waals surface area contributed by atoms with Crippen molar-refractivity contribution in [2.24, 2.45) is 0 Å². The van der Waals surface area contributed by atoms with Gasteiger partial charge in [-0.2, -0.15) is 4.98 Å². The largest absolute Gasteiger partial charge is 0.334 e. The predicted octanol–water partition coefficient (Wildman–Crippen LogP) is 4.81. The number of hydrogen-bond acceptors (Lipinski definition) is 4.